The molecule has 2 aliphatic rings. The van der Waals surface area contributed by atoms with Gasteiger partial charge in [0.25, 0.3) is 0 Å². The first kappa shape index (κ1) is 23.6. The van der Waals surface area contributed by atoms with Gasteiger partial charge in [-0.15, -0.1) is 0 Å². The number of carbonyl (C=O) groups excluding carboxylic acids is 1. The molecule has 0 radical (unpaired) electrons. The Bertz CT molecular complexity index is 1360. The van der Waals surface area contributed by atoms with Crippen LogP contribution in [0.3, 0.4) is 0 Å². The van der Waals surface area contributed by atoms with E-state index in [2.05, 4.69) is 60.9 Å². The molecule has 2 fully saturated rings. The lowest BCUT2D eigenvalue weighted by molar-refractivity contribution is 0.100. The fourth-order valence-corrected chi connectivity index (χ4v) is 5.85. The number of aromatic nitrogens is 2. The van der Waals surface area contributed by atoms with Crippen LogP contribution in [0, 0.1) is 0 Å². The van der Waals surface area contributed by atoms with E-state index in [4.69, 9.17) is 5.73 Å². The lowest BCUT2D eigenvalue weighted by Gasteiger charge is -2.41. The monoisotopic (exact) mass is 494 g/mol. The predicted molar refractivity (Wildman–Crippen MR) is 150 cm³/mol. The summed E-state index contributed by atoms with van der Waals surface area (Å²) in [6.45, 7) is 4.53. The van der Waals surface area contributed by atoms with Gasteiger partial charge in [0.05, 0.1) is 11.4 Å². The van der Waals surface area contributed by atoms with Gasteiger partial charge in [-0.2, -0.15) is 0 Å². The van der Waals surface area contributed by atoms with E-state index in [1.807, 2.05) is 18.3 Å². The summed E-state index contributed by atoms with van der Waals surface area (Å²) in [5.74, 6) is -0.424. The number of anilines is 3. The normalized spacial score (nSPS) is 17.2. The third-order valence-corrected chi connectivity index (χ3v) is 7.93. The van der Waals surface area contributed by atoms with E-state index in [0.29, 0.717) is 5.56 Å². The molecule has 2 aromatic carbocycles. The molecule has 1 saturated heterocycles. The molecule has 1 saturated carbocycles. The smallest absolute Gasteiger partial charge is 0.248 e. The highest BCUT2D eigenvalue weighted by Gasteiger charge is 2.25. The van der Waals surface area contributed by atoms with Gasteiger partial charge in [0.2, 0.25) is 5.91 Å². The molecular formula is C30H34N6O. The Hall–Kier alpha value is -3.84. The number of carbonyl (C=O) groups is 1. The highest BCUT2D eigenvalue weighted by Crippen LogP contribution is 2.29. The number of benzene rings is 2. The van der Waals surface area contributed by atoms with Crippen LogP contribution in [0.15, 0.2) is 73.1 Å². The van der Waals surface area contributed by atoms with Crippen LogP contribution in [-0.4, -0.2) is 52.4 Å². The number of primary amides is 1. The standard InChI is InChI=1S/C30H34N6O/c31-29(37)23-8-6-22(7-9-23)28-15-14-27(30-32-16-17-36(28)30)33-24-10-12-26(13-11-24)35-20-18-34(19-21-35)25-4-2-1-3-5-25/h6-17,25,33H,1-5,18-21H2,(H2,31,37). The molecule has 3 N–H and O–H groups in total. The van der Waals surface area contributed by atoms with Gasteiger partial charge in [0, 0.05) is 61.6 Å². The van der Waals surface area contributed by atoms with Gasteiger partial charge in [-0.3, -0.25) is 14.1 Å². The SMILES string of the molecule is NC(=O)c1ccc(-c2ccc(Nc3ccc(N4CCN(C5CCCCC5)CC4)cc3)c3nccn23)cc1. The molecule has 0 bridgehead atoms. The summed E-state index contributed by atoms with van der Waals surface area (Å²) in [4.78, 5) is 21.2. The second-order valence-corrected chi connectivity index (χ2v) is 10.2. The van der Waals surface area contributed by atoms with Crippen molar-refractivity contribution in [2.75, 3.05) is 36.4 Å². The molecule has 6 rings (SSSR count). The highest BCUT2D eigenvalue weighted by molar-refractivity contribution is 5.93. The molecule has 4 aromatic rings. The summed E-state index contributed by atoms with van der Waals surface area (Å²) in [5.41, 5.74) is 12.0. The number of pyridine rings is 1. The number of rotatable bonds is 6. The van der Waals surface area contributed by atoms with Crippen LogP contribution < -0.4 is 16.0 Å². The zero-order valence-electron chi connectivity index (χ0n) is 21.1. The van der Waals surface area contributed by atoms with Gasteiger partial charge in [0.1, 0.15) is 0 Å². The first-order valence-electron chi connectivity index (χ1n) is 13.4. The average Bonchev–Trinajstić information content (AvgIpc) is 3.45. The van der Waals surface area contributed by atoms with Crippen molar-refractivity contribution in [2.45, 2.75) is 38.1 Å². The van der Waals surface area contributed by atoms with Crippen LogP contribution in [-0.2, 0) is 0 Å². The van der Waals surface area contributed by atoms with Crippen molar-refractivity contribution in [3.05, 3.63) is 78.6 Å². The predicted octanol–water partition coefficient (Wildman–Crippen LogP) is 5.30. The highest BCUT2D eigenvalue weighted by atomic mass is 16.1. The van der Waals surface area contributed by atoms with Crippen LogP contribution >= 0.6 is 0 Å². The van der Waals surface area contributed by atoms with Crippen LogP contribution in [0.2, 0.25) is 0 Å². The van der Waals surface area contributed by atoms with E-state index < -0.39 is 5.91 Å². The molecular weight excluding hydrogens is 460 g/mol. The molecule has 1 aliphatic carbocycles. The fraction of sp³-hybridized carbons (Fsp3) is 0.333. The van der Waals surface area contributed by atoms with Gasteiger partial charge < -0.3 is 16.0 Å². The summed E-state index contributed by atoms with van der Waals surface area (Å²) in [7, 11) is 0. The van der Waals surface area contributed by atoms with Crippen molar-refractivity contribution in [1.82, 2.24) is 14.3 Å². The van der Waals surface area contributed by atoms with Gasteiger partial charge in [0.15, 0.2) is 5.65 Å². The second-order valence-electron chi connectivity index (χ2n) is 10.2. The number of hydrogen-bond acceptors (Lipinski definition) is 5. The molecule has 1 aliphatic heterocycles. The van der Waals surface area contributed by atoms with E-state index >= 15 is 0 Å². The number of amides is 1. The summed E-state index contributed by atoms with van der Waals surface area (Å²) >= 11 is 0. The number of nitrogens with zero attached hydrogens (tertiary/aromatic N) is 4. The molecule has 7 nitrogen and oxygen atoms in total. The largest absolute Gasteiger partial charge is 0.369 e. The third kappa shape index (κ3) is 4.91. The number of nitrogens with two attached hydrogens (primary N) is 1. The Morgan fingerprint density at radius 3 is 2.30 bits per heavy atom. The van der Waals surface area contributed by atoms with Crippen LogP contribution in [0.5, 0.6) is 0 Å². The summed E-state index contributed by atoms with van der Waals surface area (Å²) in [6.07, 6.45) is 10.7. The second kappa shape index (κ2) is 10.3. The molecule has 37 heavy (non-hydrogen) atoms. The van der Waals surface area contributed by atoms with Gasteiger partial charge in [-0.05, 0) is 66.9 Å². The first-order valence-corrected chi connectivity index (χ1v) is 13.4. The summed E-state index contributed by atoms with van der Waals surface area (Å²) in [6, 6.07) is 21.0. The maximum atomic E-state index is 11.4. The zero-order chi connectivity index (χ0) is 25.2. The summed E-state index contributed by atoms with van der Waals surface area (Å²) in [5, 5.41) is 3.54. The Kier molecular flexibility index (Phi) is 6.53. The molecule has 190 valence electrons. The van der Waals surface area contributed by atoms with Gasteiger partial charge in [-0.1, -0.05) is 31.4 Å². The summed E-state index contributed by atoms with van der Waals surface area (Å²) < 4.78 is 2.06. The molecule has 0 atom stereocenters. The molecule has 0 unspecified atom stereocenters. The number of piperazine rings is 1. The molecule has 3 heterocycles. The Balaban J connectivity index is 1.14. The topological polar surface area (TPSA) is 78.9 Å². The van der Waals surface area contributed by atoms with Crippen LogP contribution in [0.25, 0.3) is 16.9 Å². The number of nitrogens with one attached hydrogen (secondary N) is 1. The Morgan fingerprint density at radius 2 is 1.59 bits per heavy atom. The Labute approximate surface area is 217 Å². The van der Waals surface area contributed by atoms with Crippen molar-refractivity contribution in [2.24, 2.45) is 5.73 Å². The van der Waals surface area contributed by atoms with Gasteiger partial charge >= 0.3 is 0 Å². The van der Waals surface area contributed by atoms with Crippen molar-refractivity contribution in [3.8, 4) is 11.3 Å². The lowest BCUT2D eigenvalue weighted by atomic mass is 9.94. The van der Waals surface area contributed by atoms with Crippen LogP contribution in [0.1, 0.15) is 42.5 Å². The maximum absolute atomic E-state index is 11.4. The minimum Gasteiger partial charge on any atom is -0.369 e. The van der Waals surface area contributed by atoms with Crippen LogP contribution in [0.4, 0.5) is 17.1 Å². The van der Waals surface area contributed by atoms with Crippen molar-refractivity contribution < 1.29 is 4.79 Å². The number of imidazole rings is 1. The quantitative estimate of drug-likeness (QED) is 0.380. The van der Waals surface area contributed by atoms with Gasteiger partial charge in [-0.25, -0.2) is 4.98 Å². The first-order chi connectivity index (χ1) is 18.2. The molecule has 2 aromatic heterocycles. The van der Waals surface area contributed by atoms with E-state index in [9.17, 15) is 4.79 Å². The zero-order valence-corrected chi connectivity index (χ0v) is 21.1. The third-order valence-electron chi connectivity index (χ3n) is 7.93. The van der Waals surface area contributed by atoms with E-state index in [1.54, 1.807) is 18.3 Å². The molecule has 7 heteroatoms. The molecule has 0 spiro atoms. The van der Waals surface area contributed by atoms with Crippen molar-refractivity contribution in [3.63, 3.8) is 0 Å². The number of fused-ring (bicyclic) bond motifs is 1. The lowest BCUT2D eigenvalue weighted by Crippen LogP contribution is -2.50. The maximum Gasteiger partial charge on any atom is 0.248 e. The van der Waals surface area contributed by atoms with E-state index in [1.165, 1.54) is 50.9 Å². The van der Waals surface area contributed by atoms with E-state index in [0.717, 1.165) is 47.4 Å². The van der Waals surface area contributed by atoms with Crippen molar-refractivity contribution in [1.29, 1.82) is 0 Å². The Morgan fingerprint density at radius 1 is 0.865 bits per heavy atom. The number of hydrogen-bond donors (Lipinski definition) is 2. The average molecular weight is 495 g/mol. The van der Waals surface area contributed by atoms with Crippen molar-refractivity contribution >= 4 is 28.6 Å². The molecule has 1 amide bonds. The minimum absolute atomic E-state index is 0.424. The fourth-order valence-electron chi connectivity index (χ4n) is 5.85. The minimum atomic E-state index is -0.424. The van der Waals surface area contributed by atoms with E-state index in [-0.39, 0.29) is 0 Å².